The lowest BCUT2D eigenvalue weighted by atomic mass is 10.1. The first-order chi connectivity index (χ1) is 11.1. The maximum Gasteiger partial charge on any atom is 0.217 e. The SMILES string of the molecule is CC(=O)NCc1ccc([C@H]2CCCN2Cc2cncn2C)nc1. The van der Waals surface area contributed by atoms with Crippen molar-refractivity contribution >= 4 is 5.91 Å². The molecule has 0 bridgehead atoms. The third kappa shape index (κ3) is 3.76. The minimum Gasteiger partial charge on any atom is -0.352 e. The van der Waals surface area contributed by atoms with Gasteiger partial charge in [0.1, 0.15) is 0 Å². The van der Waals surface area contributed by atoms with Crippen molar-refractivity contribution in [1.29, 1.82) is 0 Å². The number of aromatic nitrogens is 3. The summed E-state index contributed by atoms with van der Waals surface area (Å²) in [4.78, 5) is 22.3. The molecule has 1 fully saturated rings. The molecular formula is C17H23N5O. The topological polar surface area (TPSA) is 63.1 Å². The molecule has 122 valence electrons. The number of nitrogens with one attached hydrogen (secondary N) is 1. The van der Waals surface area contributed by atoms with E-state index in [0.29, 0.717) is 12.6 Å². The standard InChI is InChI=1S/C17H23N5O/c1-13(23)19-8-14-5-6-16(20-9-14)17-4-3-7-22(17)11-15-10-18-12-21(15)2/h5-6,9-10,12,17H,3-4,7-8,11H2,1-2H3,(H,19,23)/t17-/m1/s1. The Labute approximate surface area is 136 Å². The number of hydrogen-bond acceptors (Lipinski definition) is 4. The number of carbonyl (C=O) groups excluding carboxylic acids is 1. The number of imidazole rings is 1. The second-order valence-corrected chi connectivity index (χ2v) is 6.13. The molecule has 1 N–H and O–H groups in total. The third-order valence-electron chi connectivity index (χ3n) is 4.38. The predicted molar refractivity (Wildman–Crippen MR) is 87.4 cm³/mol. The first kappa shape index (κ1) is 15.7. The second-order valence-electron chi connectivity index (χ2n) is 6.13. The number of pyridine rings is 1. The zero-order chi connectivity index (χ0) is 16.2. The molecule has 0 radical (unpaired) electrons. The Morgan fingerprint density at radius 3 is 2.91 bits per heavy atom. The smallest absolute Gasteiger partial charge is 0.217 e. The molecule has 2 aromatic heterocycles. The lowest BCUT2D eigenvalue weighted by Crippen LogP contribution is -2.24. The summed E-state index contributed by atoms with van der Waals surface area (Å²) in [5.74, 6) is -0.0211. The maximum absolute atomic E-state index is 11.0. The predicted octanol–water partition coefficient (Wildman–Crippen LogP) is 1.79. The molecule has 1 aliphatic rings. The number of amides is 1. The fourth-order valence-electron chi connectivity index (χ4n) is 3.06. The summed E-state index contributed by atoms with van der Waals surface area (Å²) in [6.45, 7) is 4.05. The molecule has 1 amide bonds. The minimum absolute atomic E-state index is 0.0211. The highest BCUT2D eigenvalue weighted by atomic mass is 16.1. The van der Waals surface area contributed by atoms with Crippen molar-refractivity contribution in [3.8, 4) is 0 Å². The molecule has 0 spiro atoms. The number of nitrogens with zero attached hydrogens (tertiary/aromatic N) is 4. The van der Waals surface area contributed by atoms with Crippen molar-refractivity contribution in [3.63, 3.8) is 0 Å². The van der Waals surface area contributed by atoms with Crippen molar-refractivity contribution in [1.82, 2.24) is 24.8 Å². The van der Waals surface area contributed by atoms with Gasteiger partial charge in [-0.25, -0.2) is 4.98 Å². The van der Waals surface area contributed by atoms with Gasteiger partial charge in [0.2, 0.25) is 5.91 Å². The van der Waals surface area contributed by atoms with Crippen molar-refractivity contribution in [2.24, 2.45) is 7.05 Å². The molecule has 0 unspecified atom stereocenters. The molecule has 2 aromatic rings. The lowest BCUT2D eigenvalue weighted by molar-refractivity contribution is -0.119. The molecule has 0 saturated carbocycles. The highest BCUT2D eigenvalue weighted by Gasteiger charge is 2.27. The van der Waals surface area contributed by atoms with E-state index >= 15 is 0 Å². The fraction of sp³-hybridized carbons (Fsp3) is 0.471. The Morgan fingerprint density at radius 1 is 1.39 bits per heavy atom. The van der Waals surface area contributed by atoms with Crippen LogP contribution in [0.15, 0.2) is 30.9 Å². The van der Waals surface area contributed by atoms with E-state index in [4.69, 9.17) is 0 Å². The number of rotatable bonds is 5. The van der Waals surface area contributed by atoms with E-state index in [0.717, 1.165) is 30.8 Å². The first-order valence-electron chi connectivity index (χ1n) is 8.02. The summed E-state index contributed by atoms with van der Waals surface area (Å²) < 4.78 is 2.07. The Morgan fingerprint density at radius 2 is 2.26 bits per heavy atom. The van der Waals surface area contributed by atoms with Crippen LogP contribution in [0.5, 0.6) is 0 Å². The zero-order valence-electron chi connectivity index (χ0n) is 13.7. The van der Waals surface area contributed by atoms with Gasteiger partial charge >= 0.3 is 0 Å². The molecule has 1 aliphatic heterocycles. The second kappa shape index (κ2) is 6.91. The van der Waals surface area contributed by atoms with Crippen molar-refractivity contribution < 1.29 is 4.79 Å². The van der Waals surface area contributed by atoms with Crippen LogP contribution in [-0.4, -0.2) is 31.9 Å². The summed E-state index contributed by atoms with van der Waals surface area (Å²) in [6.07, 6.45) is 7.97. The van der Waals surface area contributed by atoms with Gasteiger partial charge in [-0.15, -0.1) is 0 Å². The van der Waals surface area contributed by atoms with E-state index in [-0.39, 0.29) is 5.91 Å². The average Bonchev–Trinajstić information content (AvgIpc) is 3.16. The quantitative estimate of drug-likeness (QED) is 0.914. The summed E-state index contributed by atoms with van der Waals surface area (Å²) in [5, 5.41) is 2.80. The molecule has 0 aromatic carbocycles. The number of likely N-dealkylation sites (tertiary alicyclic amines) is 1. The molecule has 23 heavy (non-hydrogen) atoms. The fourth-order valence-corrected chi connectivity index (χ4v) is 3.06. The monoisotopic (exact) mass is 313 g/mol. The molecule has 1 saturated heterocycles. The van der Waals surface area contributed by atoms with Crippen molar-refractivity contribution in [2.45, 2.75) is 38.9 Å². The van der Waals surface area contributed by atoms with Gasteiger partial charge in [0.05, 0.1) is 23.8 Å². The van der Waals surface area contributed by atoms with E-state index in [1.165, 1.54) is 19.0 Å². The van der Waals surface area contributed by atoms with Crippen molar-refractivity contribution in [3.05, 3.63) is 47.8 Å². The minimum atomic E-state index is -0.0211. The highest BCUT2D eigenvalue weighted by molar-refractivity contribution is 5.72. The molecule has 0 aliphatic carbocycles. The van der Waals surface area contributed by atoms with Crippen LogP contribution in [0.3, 0.4) is 0 Å². The van der Waals surface area contributed by atoms with E-state index in [1.807, 2.05) is 25.8 Å². The number of hydrogen-bond donors (Lipinski definition) is 1. The zero-order valence-corrected chi connectivity index (χ0v) is 13.7. The van der Waals surface area contributed by atoms with Crippen LogP contribution in [0.2, 0.25) is 0 Å². The summed E-state index contributed by atoms with van der Waals surface area (Å²) in [7, 11) is 2.03. The van der Waals surface area contributed by atoms with Crippen LogP contribution >= 0.6 is 0 Å². The Bertz CT molecular complexity index is 664. The number of aryl methyl sites for hydroxylation is 1. The van der Waals surface area contributed by atoms with Gasteiger partial charge in [0.25, 0.3) is 0 Å². The van der Waals surface area contributed by atoms with Gasteiger partial charge in [0, 0.05) is 39.5 Å². The van der Waals surface area contributed by atoms with E-state index in [2.05, 4.69) is 36.9 Å². The van der Waals surface area contributed by atoms with Crippen LogP contribution < -0.4 is 5.32 Å². The molecule has 3 rings (SSSR count). The van der Waals surface area contributed by atoms with Crippen LogP contribution in [-0.2, 0) is 24.9 Å². The van der Waals surface area contributed by atoms with E-state index in [9.17, 15) is 4.79 Å². The molecule has 6 nitrogen and oxygen atoms in total. The van der Waals surface area contributed by atoms with Crippen LogP contribution in [0.25, 0.3) is 0 Å². The van der Waals surface area contributed by atoms with Crippen LogP contribution in [0.4, 0.5) is 0 Å². The van der Waals surface area contributed by atoms with Gasteiger partial charge in [-0.05, 0) is 31.0 Å². The Hall–Kier alpha value is -2.21. The first-order valence-corrected chi connectivity index (χ1v) is 8.02. The summed E-state index contributed by atoms with van der Waals surface area (Å²) in [6, 6.07) is 4.50. The Balaban J connectivity index is 1.67. The maximum atomic E-state index is 11.0. The molecule has 6 heteroatoms. The van der Waals surface area contributed by atoms with Gasteiger partial charge in [-0.1, -0.05) is 6.07 Å². The normalized spacial score (nSPS) is 18.3. The van der Waals surface area contributed by atoms with Gasteiger partial charge in [0.15, 0.2) is 0 Å². The lowest BCUT2D eigenvalue weighted by Gasteiger charge is -2.24. The van der Waals surface area contributed by atoms with Crippen LogP contribution in [0.1, 0.15) is 42.8 Å². The summed E-state index contributed by atoms with van der Waals surface area (Å²) in [5.41, 5.74) is 3.36. The molecular weight excluding hydrogens is 290 g/mol. The molecule has 3 heterocycles. The largest absolute Gasteiger partial charge is 0.352 e. The van der Waals surface area contributed by atoms with Gasteiger partial charge in [-0.2, -0.15) is 0 Å². The van der Waals surface area contributed by atoms with E-state index in [1.54, 1.807) is 0 Å². The Kier molecular flexibility index (Phi) is 4.71. The van der Waals surface area contributed by atoms with E-state index < -0.39 is 0 Å². The van der Waals surface area contributed by atoms with Gasteiger partial charge < -0.3 is 9.88 Å². The van der Waals surface area contributed by atoms with Crippen molar-refractivity contribution in [2.75, 3.05) is 6.54 Å². The highest BCUT2D eigenvalue weighted by Crippen LogP contribution is 2.31. The third-order valence-corrected chi connectivity index (χ3v) is 4.38. The summed E-state index contributed by atoms with van der Waals surface area (Å²) >= 11 is 0. The average molecular weight is 313 g/mol. The van der Waals surface area contributed by atoms with Crippen LogP contribution in [0, 0.1) is 0 Å². The van der Waals surface area contributed by atoms with Gasteiger partial charge in [-0.3, -0.25) is 14.7 Å². The molecule has 1 atom stereocenters. The number of carbonyl (C=O) groups is 1.